The number of nitrogens with zero attached hydrogens (tertiary/aromatic N) is 1. The van der Waals surface area contributed by atoms with Crippen LogP contribution >= 0.6 is 0 Å². The number of piperidine rings is 1. The predicted octanol–water partition coefficient (Wildman–Crippen LogP) is 3.00. The van der Waals surface area contributed by atoms with E-state index >= 15 is 0 Å². The van der Waals surface area contributed by atoms with Gasteiger partial charge in [-0.25, -0.2) is 13.1 Å². The Labute approximate surface area is 195 Å². The van der Waals surface area contributed by atoms with E-state index < -0.39 is 20.1 Å². The average Bonchev–Trinajstić information content (AvgIpc) is 3.22. The zero-order chi connectivity index (χ0) is 24.1. The molecule has 0 amide bonds. The number of aromatic amines is 1. The maximum Gasteiger partial charge on any atom is 0.294 e. The molecule has 0 unspecified atom stereocenters. The highest BCUT2D eigenvalue weighted by molar-refractivity contribution is 7.89. The van der Waals surface area contributed by atoms with Crippen LogP contribution in [0.1, 0.15) is 29.9 Å². The molecule has 1 aliphatic heterocycles. The van der Waals surface area contributed by atoms with Crippen LogP contribution in [0.25, 0.3) is 10.9 Å². The molecule has 3 N–H and O–H groups in total. The van der Waals surface area contributed by atoms with Crippen LogP contribution in [-0.4, -0.2) is 64.2 Å². The van der Waals surface area contributed by atoms with E-state index in [-0.39, 0.29) is 10.6 Å². The second-order valence-corrected chi connectivity index (χ2v) is 11.7. The molecule has 0 radical (unpaired) electrons. The molecule has 1 fully saturated rings. The molecule has 0 atom stereocenters. The van der Waals surface area contributed by atoms with Gasteiger partial charge in [-0.3, -0.25) is 4.55 Å². The number of hydrogen-bond donors (Lipinski definition) is 3. The van der Waals surface area contributed by atoms with Crippen molar-refractivity contribution in [3.05, 3.63) is 65.9 Å². The summed E-state index contributed by atoms with van der Waals surface area (Å²) < 4.78 is 54.8. The summed E-state index contributed by atoms with van der Waals surface area (Å²) in [5.74, 6) is 0.722. The minimum absolute atomic E-state index is 0.0741. The van der Waals surface area contributed by atoms with Crippen LogP contribution in [0, 0.1) is 0 Å². The van der Waals surface area contributed by atoms with Crippen molar-refractivity contribution in [3.63, 3.8) is 0 Å². The van der Waals surface area contributed by atoms with Crippen LogP contribution in [-0.2, 0) is 26.6 Å². The zero-order valence-electron chi connectivity index (χ0n) is 18.9. The van der Waals surface area contributed by atoms with E-state index in [0.717, 1.165) is 24.2 Å². The topological polar surface area (TPSA) is 120 Å². The SMILES string of the molecule is CNS(=O)(=O)CCc1ccc2[nH]cc(C3CCN(C)CC3)c2c1.O=S(=O)(O)c1ccccc1. The zero-order valence-corrected chi connectivity index (χ0v) is 20.5. The van der Waals surface area contributed by atoms with Crippen molar-refractivity contribution in [1.29, 1.82) is 0 Å². The van der Waals surface area contributed by atoms with Crippen LogP contribution in [0.15, 0.2) is 59.6 Å². The van der Waals surface area contributed by atoms with Crippen molar-refractivity contribution in [2.75, 3.05) is 32.9 Å². The van der Waals surface area contributed by atoms with Gasteiger partial charge >= 0.3 is 0 Å². The molecule has 1 saturated heterocycles. The standard InChI is InChI=1S/C17H25N3O2S.C6H6O3S/c1-18-23(21,22)10-7-13-3-4-17-15(11-13)16(12-19-17)14-5-8-20(2)9-6-14;7-10(8,9)6-4-2-1-3-5-6/h3-4,11-12,14,18-19H,5-10H2,1-2H3;1-5H,(H,7,8,9). The third-order valence-electron chi connectivity index (χ3n) is 5.95. The number of fused-ring (bicyclic) bond motifs is 1. The van der Waals surface area contributed by atoms with Gasteiger partial charge in [0.15, 0.2) is 0 Å². The van der Waals surface area contributed by atoms with E-state index in [9.17, 15) is 16.8 Å². The number of nitrogens with one attached hydrogen (secondary N) is 2. The third kappa shape index (κ3) is 7.12. The average molecular weight is 494 g/mol. The molecule has 2 heterocycles. The number of H-pyrrole nitrogens is 1. The van der Waals surface area contributed by atoms with Gasteiger partial charge in [0.05, 0.1) is 10.6 Å². The van der Waals surface area contributed by atoms with E-state index in [0.29, 0.717) is 12.3 Å². The molecule has 180 valence electrons. The van der Waals surface area contributed by atoms with Crippen molar-refractivity contribution in [1.82, 2.24) is 14.6 Å². The number of aromatic nitrogens is 1. The molecule has 8 nitrogen and oxygen atoms in total. The summed E-state index contributed by atoms with van der Waals surface area (Å²) in [6.45, 7) is 2.27. The Hall–Kier alpha value is -2.24. The lowest BCUT2D eigenvalue weighted by Gasteiger charge is -2.28. The Morgan fingerprint density at radius 3 is 2.30 bits per heavy atom. The minimum Gasteiger partial charge on any atom is -0.361 e. The minimum atomic E-state index is -4.00. The van der Waals surface area contributed by atoms with Gasteiger partial charge < -0.3 is 9.88 Å². The first kappa shape index (κ1) is 25.4. The molecule has 3 aromatic rings. The Morgan fingerprint density at radius 2 is 1.73 bits per heavy atom. The quantitative estimate of drug-likeness (QED) is 0.454. The van der Waals surface area contributed by atoms with Gasteiger partial charge in [-0.05, 0) is 87.8 Å². The summed E-state index contributed by atoms with van der Waals surface area (Å²) in [6.07, 6.45) is 5.04. The molecule has 4 rings (SSSR count). The van der Waals surface area contributed by atoms with Crippen molar-refractivity contribution in [3.8, 4) is 0 Å². The Balaban J connectivity index is 0.000000257. The fourth-order valence-electron chi connectivity index (χ4n) is 3.95. The highest BCUT2D eigenvalue weighted by Gasteiger charge is 2.21. The normalized spacial score (nSPS) is 15.8. The lowest BCUT2D eigenvalue weighted by atomic mass is 9.89. The summed E-state index contributed by atoms with van der Waals surface area (Å²) in [4.78, 5) is 5.66. The number of aryl methyl sites for hydroxylation is 1. The molecule has 0 bridgehead atoms. The van der Waals surface area contributed by atoms with Crippen LogP contribution < -0.4 is 4.72 Å². The Morgan fingerprint density at radius 1 is 1.06 bits per heavy atom. The smallest absolute Gasteiger partial charge is 0.294 e. The van der Waals surface area contributed by atoms with Gasteiger partial charge in [-0.1, -0.05) is 24.3 Å². The van der Waals surface area contributed by atoms with Crippen LogP contribution in [0.4, 0.5) is 0 Å². The van der Waals surface area contributed by atoms with E-state index in [1.807, 2.05) is 6.07 Å². The van der Waals surface area contributed by atoms with Crippen molar-refractivity contribution >= 4 is 31.0 Å². The van der Waals surface area contributed by atoms with E-state index in [2.05, 4.69) is 40.0 Å². The molecule has 1 aromatic heterocycles. The largest absolute Gasteiger partial charge is 0.361 e. The van der Waals surface area contributed by atoms with E-state index in [1.54, 1.807) is 18.2 Å². The number of rotatable bonds is 6. The number of hydrogen-bond acceptors (Lipinski definition) is 5. The second-order valence-electron chi connectivity index (χ2n) is 8.26. The van der Waals surface area contributed by atoms with E-state index in [1.165, 1.54) is 43.0 Å². The molecule has 0 spiro atoms. The van der Waals surface area contributed by atoms with Crippen LogP contribution in [0.3, 0.4) is 0 Å². The van der Waals surface area contributed by atoms with Gasteiger partial charge in [-0.2, -0.15) is 8.42 Å². The van der Waals surface area contributed by atoms with Crippen LogP contribution in [0.5, 0.6) is 0 Å². The maximum atomic E-state index is 11.6. The first-order valence-corrected chi connectivity index (χ1v) is 13.9. The third-order valence-corrected chi connectivity index (χ3v) is 8.18. The summed E-state index contributed by atoms with van der Waals surface area (Å²) in [5, 5.41) is 1.25. The van der Waals surface area contributed by atoms with Crippen LogP contribution in [0.2, 0.25) is 0 Å². The van der Waals surface area contributed by atoms with Gasteiger partial charge in [0, 0.05) is 17.1 Å². The summed E-state index contributed by atoms with van der Waals surface area (Å²) in [6, 6.07) is 13.7. The first-order valence-electron chi connectivity index (χ1n) is 10.8. The summed E-state index contributed by atoms with van der Waals surface area (Å²) in [5.41, 5.74) is 3.59. The Kier molecular flexibility index (Phi) is 8.30. The number of likely N-dealkylation sites (tertiary alicyclic amines) is 1. The maximum absolute atomic E-state index is 11.6. The summed E-state index contributed by atoms with van der Waals surface area (Å²) in [7, 11) is -3.53. The summed E-state index contributed by atoms with van der Waals surface area (Å²) >= 11 is 0. The van der Waals surface area contributed by atoms with E-state index in [4.69, 9.17) is 4.55 Å². The van der Waals surface area contributed by atoms with Gasteiger partial charge in [0.25, 0.3) is 10.1 Å². The Bertz CT molecular complexity index is 1260. The fourth-order valence-corrected chi connectivity index (χ4v) is 5.16. The first-order chi connectivity index (χ1) is 15.6. The molecular formula is C23H31N3O5S2. The highest BCUT2D eigenvalue weighted by Crippen LogP contribution is 2.33. The second kappa shape index (κ2) is 10.8. The lowest BCUT2D eigenvalue weighted by Crippen LogP contribution is -2.29. The molecule has 1 aliphatic rings. The van der Waals surface area contributed by atoms with Crippen molar-refractivity contribution < 1.29 is 21.4 Å². The molecule has 0 saturated carbocycles. The lowest BCUT2D eigenvalue weighted by molar-refractivity contribution is 0.256. The van der Waals surface area contributed by atoms with Crippen molar-refractivity contribution in [2.45, 2.75) is 30.1 Å². The van der Waals surface area contributed by atoms with Gasteiger partial charge in [-0.15, -0.1) is 0 Å². The molecule has 0 aliphatic carbocycles. The van der Waals surface area contributed by atoms with Gasteiger partial charge in [0.2, 0.25) is 10.0 Å². The molecule has 10 heteroatoms. The molecule has 2 aromatic carbocycles. The van der Waals surface area contributed by atoms with Gasteiger partial charge in [0.1, 0.15) is 0 Å². The predicted molar refractivity (Wildman–Crippen MR) is 131 cm³/mol. The molecular weight excluding hydrogens is 462 g/mol. The fraction of sp³-hybridized carbons (Fsp3) is 0.391. The number of benzene rings is 2. The highest BCUT2D eigenvalue weighted by atomic mass is 32.2. The van der Waals surface area contributed by atoms with Crippen molar-refractivity contribution in [2.24, 2.45) is 0 Å². The molecule has 33 heavy (non-hydrogen) atoms. The monoisotopic (exact) mass is 493 g/mol. The number of sulfonamides is 1.